The van der Waals surface area contributed by atoms with Crippen molar-refractivity contribution in [1.29, 1.82) is 0 Å². The van der Waals surface area contributed by atoms with Gasteiger partial charge in [-0.25, -0.2) is 4.98 Å². The molecule has 0 spiro atoms. The van der Waals surface area contributed by atoms with Crippen LogP contribution in [0.25, 0.3) is 11.4 Å². The van der Waals surface area contributed by atoms with Gasteiger partial charge in [0.2, 0.25) is 11.7 Å². The van der Waals surface area contributed by atoms with Crippen molar-refractivity contribution >= 4 is 5.82 Å². The normalized spacial score (nSPS) is 17.5. The van der Waals surface area contributed by atoms with Crippen LogP contribution in [0.5, 0.6) is 0 Å². The third-order valence-electron chi connectivity index (χ3n) is 4.82. The Balaban J connectivity index is 1.31. The van der Waals surface area contributed by atoms with Crippen molar-refractivity contribution < 1.29 is 4.52 Å². The molecule has 1 aromatic carbocycles. The second kappa shape index (κ2) is 7.66. The van der Waals surface area contributed by atoms with Crippen molar-refractivity contribution in [2.75, 3.05) is 25.0 Å². The maximum atomic E-state index is 5.47. The standard InChI is InChI=1S/C20H23N5O/c1-15-6-2-3-7-17(15)20-23-19(26-24-20)14-25-11-9-16(13-25)12-22-18-8-4-5-10-21-18/h2-8,10,16H,9,11-14H2,1H3,(H,21,22)/t16-/m0/s1. The Kier molecular flexibility index (Phi) is 4.93. The van der Waals surface area contributed by atoms with Gasteiger partial charge >= 0.3 is 0 Å². The molecule has 6 nitrogen and oxygen atoms in total. The van der Waals surface area contributed by atoms with Crippen molar-refractivity contribution in [3.8, 4) is 11.4 Å². The molecule has 1 fully saturated rings. The second-order valence-corrected chi connectivity index (χ2v) is 6.81. The first-order valence-electron chi connectivity index (χ1n) is 9.04. The zero-order chi connectivity index (χ0) is 17.8. The first kappa shape index (κ1) is 16.7. The van der Waals surface area contributed by atoms with Crippen LogP contribution in [0.2, 0.25) is 0 Å². The molecule has 0 bridgehead atoms. The highest BCUT2D eigenvalue weighted by Gasteiger charge is 2.24. The summed E-state index contributed by atoms with van der Waals surface area (Å²) in [5.74, 6) is 2.90. The predicted molar refractivity (Wildman–Crippen MR) is 101 cm³/mol. The molecule has 0 saturated carbocycles. The molecule has 2 aromatic heterocycles. The molecule has 0 aliphatic carbocycles. The number of anilines is 1. The summed E-state index contributed by atoms with van der Waals surface area (Å²) in [6.07, 6.45) is 2.98. The van der Waals surface area contributed by atoms with E-state index in [1.807, 2.05) is 42.6 Å². The van der Waals surface area contributed by atoms with Gasteiger partial charge in [0.05, 0.1) is 6.54 Å². The fraction of sp³-hybridized carbons (Fsp3) is 0.350. The quantitative estimate of drug-likeness (QED) is 0.736. The van der Waals surface area contributed by atoms with Gasteiger partial charge in [-0.15, -0.1) is 0 Å². The Morgan fingerprint density at radius 1 is 1.19 bits per heavy atom. The van der Waals surface area contributed by atoms with E-state index >= 15 is 0 Å². The van der Waals surface area contributed by atoms with E-state index in [1.165, 1.54) is 6.42 Å². The second-order valence-electron chi connectivity index (χ2n) is 6.81. The van der Waals surface area contributed by atoms with Crippen LogP contribution in [0.4, 0.5) is 5.82 Å². The lowest BCUT2D eigenvalue weighted by molar-refractivity contribution is 0.261. The summed E-state index contributed by atoms with van der Waals surface area (Å²) >= 11 is 0. The Morgan fingerprint density at radius 2 is 2.08 bits per heavy atom. The van der Waals surface area contributed by atoms with E-state index in [2.05, 4.69) is 38.3 Å². The summed E-state index contributed by atoms with van der Waals surface area (Å²) in [5.41, 5.74) is 2.18. The molecular formula is C20H23N5O. The SMILES string of the molecule is Cc1ccccc1-c1noc(CN2CC[C@@H](CNc3ccccn3)C2)n1. The first-order chi connectivity index (χ1) is 12.8. The lowest BCUT2D eigenvalue weighted by Gasteiger charge is -2.14. The topological polar surface area (TPSA) is 67.1 Å². The lowest BCUT2D eigenvalue weighted by atomic mass is 10.1. The molecule has 26 heavy (non-hydrogen) atoms. The molecule has 1 atom stereocenters. The number of benzene rings is 1. The Hall–Kier alpha value is -2.73. The number of rotatable bonds is 6. The Labute approximate surface area is 153 Å². The molecule has 3 heterocycles. The molecule has 134 valence electrons. The van der Waals surface area contributed by atoms with Crippen molar-refractivity contribution in [3.63, 3.8) is 0 Å². The fourth-order valence-electron chi connectivity index (χ4n) is 3.38. The molecule has 0 radical (unpaired) electrons. The molecule has 3 aromatic rings. The largest absolute Gasteiger partial charge is 0.370 e. The fourth-order valence-corrected chi connectivity index (χ4v) is 3.38. The summed E-state index contributed by atoms with van der Waals surface area (Å²) in [5, 5.41) is 7.56. The number of pyridine rings is 1. The van der Waals surface area contributed by atoms with Gasteiger partial charge in [0.15, 0.2) is 0 Å². The minimum Gasteiger partial charge on any atom is -0.370 e. The molecule has 1 aliphatic rings. The molecule has 0 unspecified atom stereocenters. The van der Waals surface area contributed by atoms with Crippen LogP contribution < -0.4 is 5.32 Å². The van der Waals surface area contributed by atoms with E-state index in [-0.39, 0.29) is 0 Å². The minimum atomic E-state index is 0.607. The van der Waals surface area contributed by atoms with Gasteiger partial charge in [0.25, 0.3) is 0 Å². The number of hydrogen-bond donors (Lipinski definition) is 1. The van der Waals surface area contributed by atoms with Crippen LogP contribution in [-0.2, 0) is 6.54 Å². The van der Waals surface area contributed by atoms with Crippen LogP contribution in [-0.4, -0.2) is 39.7 Å². The number of nitrogens with one attached hydrogen (secondary N) is 1. The van der Waals surface area contributed by atoms with Gasteiger partial charge in [-0.1, -0.05) is 35.5 Å². The van der Waals surface area contributed by atoms with Crippen molar-refractivity contribution in [2.45, 2.75) is 19.9 Å². The van der Waals surface area contributed by atoms with Crippen LogP contribution in [0.1, 0.15) is 17.9 Å². The Bertz CT molecular complexity index is 848. The number of nitrogens with zero attached hydrogens (tertiary/aromatic N) is 4. The van der Waals surface area contributed by atoms with Crippen LogP contribution in [0, 0.1) is 12.8 Å². The molecule has 4 rings (SSSR count). The van der Waals surface area contributed by atoms with Crippen LogP contribution in [0.15, 0.2) is 53.2 Å². The summed E-state index contributed by atoms with van der Waals surface area (Å²) in [6, 6.07) is 14.0. The monoisotopic (exact) mass is 349 g/mol. The number of aryl methyl sites for hydroxylation is 1. The molecule has 1 saturated heterocycles. The minimum absolute atomic E-state index is 0.607. The molecule has 6 heteroatoms. The summed E-state index contributed by atoms with van der Waals surface area (Å²) in [6.45, 7) is 5.79. The van der Waals surface area contributed by atoms with Crippen molar-refractivity contribution in [2.24, 2.45) is 5.92 Å². The average molecular weight is 349 g/mol. The highest BCUT2D eigenvalue weighted by Crippen LogP contribution is 2.22. The van der Waals surface area contributed by atoms with Crippen LogP contribution in [0.3, 0.4) is 0 Å². The van der Waals surface area contributed by atoms with Gasteiger partial charge < -0.3 is 9.84 Å². The first-order valence-corrected chi connectivity index (χ1v) is 9.04. The van der Waals surface area contributed by atoms with E-state index in [0.29, 0.717) is 24.2 Å². The molecular weight excluding hydrogens is 326 g/mol. The summed E-state index contributed by atoms with van der Waals surface area (Å²) < 4.78 is 5.47. The molecule has 1 aliphatic heterocycles. The van der Waals surface area contributed by atoms with E-state index in [0.717, 1.165) is 36.6 Å². The average Bonchev–Trinajstić information content (AvgIpc) is 3.31. The highest BCUT2D eigenvalue weighted by atomic mass is 16.5. The number of likely N-dealkylation sites (tertiary alicyclic amines) is 1. The Morgan fingerprint density at radius 3 is 2.92 bits per heavy atom. The summed E-state index contributed by atoms with van der Waals surface area (Å²) in [4.78, 5) is 11.3. The van der Waals surface area contributed by atoms with Crippen molar-refractivity contribution in [1.82, 2.24) is 20.0 Å². The summed E-state index contributed by atoms with van der Waals surface area (Å²) in [7, 11) is 0. The lowest BCUT2D eigenvalue weighted by Crippen LogP contribution is -2.23. The maximum absolute atomic E-state index is 5.47. The number of hydrogen-bond acceptors (Lipinski definition) is 6. The molecule has 0 amide bonds. The van der Waals surface area contributed by atoms with Gasteiger partial charge in [-0.3, -0.25) is 4.90 Å². The van der Waals surface area contributed by atoms with Crippen molar-refractivity contribution in [3.05, 3.63) is 60.1 Å². The van der Waals surface area contributed by atoms with Gasteiger partial charge in [-0.2, -0.15) is 4.98 Å². The smallest absolute Gasteiger partial charge is 0.241 e. The van der Waals surface area contributed by atoms with E-state index in [4.69, 9.17) is 4.52 Å². The maximum Gasteiger partial charge on any atom is 0.241 e. The van der Waals surface area contributed by atoms with Gasteiger partial charge in [0, 0.05) is 24.8 Å². The predicted octanol–water partition coefficient (Wildman–Crippen LogP) is 3.37. The zero-order valence-electron chi connectivity index (χ0n) is 14.9. The highest BCUT2D eigenvalue weighted by molar-refractivity contribution is 5.58. The third kappa shape index (κ3) is 3.91. The van der Waals surface area contributed by atoms with Gasteiger partial charge in [-0.05, 0) is 43.5 Å². The molecule has 1 N–H and O–H groups in total. The van der Waals surface area contributed by atoms with E-state index in [1.54, 1.807) is 0 Å². The van der Waals surface area contributed by atoms with Gasteiger partial charge in [0.1, 0.15) is 5.82 Å². The van der Waals surface area contributed by atoms with Crippen LogP contribution >= 0.6 is 0 Å². The zero-order valence-corrected chi connectivity index (χ0v) is 14.9. The third-order valence-corrected chi connectivity index (χ3v) is 4.82. The van der Waals surface area contributed by atoms with E-state index < -0.39 is 0 Å². The number of aromatic nitrogens is 3. The van der Waals surface area contributed by atoms with E-state index in [9.17, 15) is 0 Å².